The number of hydrogen-bond acceptors (Lipinski definition) is 5. The van der Waals surface area contributed by atoms with Gasteiger partial charge in [0.05, 0.1) is 18.6 Å². The smallest absolute Gasteiger partial charge is 0.262 e. The molecule has 0 saturated carbocycles. The van der Waals surface area contributed by atoms with Crippen LogP contribution in [-0.2, 0) is 11.3 Å². The first-order valence-electron chi connectivity index (χ1n) is 12.9. The van der Waals surface area contributed by atoms with Gasteiger partial charge in [-0.05, 0) is 72.7 Å². The minimum Gasteiger partial charge on any atom is -0.494 e. The number of nitrogens with zero attached hydrogens (tertiary/aromatic N) is 3. The van der Waals surface area contributed by atoms with Crippen molar-refractivity contribution in [1.29, 1.82) is 0 Å². The van der Waals surface area contributed by atoms with Gasteiger partial charge in [0.25, 0.3) is 11.1 Å². The van der Waals surface area contributed by atoms with Gasteiger partial charge < -0.3 is 24.5 Å². The third-order valence-electron chi connectivity index (χ3n) is 6.31. The summed E-state index contributed by atoms with van der Waals surface area (Å²) in [5.74, 6) is 0.656. The molecule has 0 aliphatic heterocycles. The van der Waals surface area contributed by atoms with E-state index in [9.17, 15) is 9.59 Å². The molecule has 0 unspecified atom stereocenters. The molecule has 0 aliphatic carbocycles. The number of aromatic amines is 2. The third kappa shape index (κ3) is 7.05. The van der Waals surface area contributed by atoms with E-state index in [1.807, 2.05) is 74.4 Å². The molecule has 204 valence electrons. The van der Waals surface area contributed by atoms with E-state index in [4.69, 9.17) is 4.74 Å². The molecule has 1 aromatic heterocycles. The maximum absolute atomic E-state index is 12.1. The fourth-order valence-corrected chi connectivity index (χ4v) is 4.08. The number of ether oxygens (including phenoxy) is 1. The summed E-state index contributed by atoms with van der Waals surface area (Å²) in [4.78, 5) is 37.9. The maximum Gasteiger partial charge on any atom is 0.262 e. The molecule has 8 nitrogen and oxygen atoms in total. The van der Waals surface area contributed by atoms with Gasteiger partial charge in [0.15, 0.2) is 0 Å². The van der Waals surface area contributed by atoms with Crippen molar-refractivity contribution >= 4 is 41.8 Å². The minimum atomic E-state index is -0.464. The summed E-state index contributed by atoms with van der Waals surface area (Å²) in [5.41, 5.74) is 4.99. The lowest BCUT2D eigenvalue weighted by molar-refractivity contribution is 0.299. The van der Waals surface area contributed by atoms with E-state index in [0.717, 1.165) is 33.8 Å². The standard InChI is InChI=1S/C32H33N5O3/c1-6-40-22(2)26-11-13-27(14-12-26)33-21-37(5)29-17-9-25(10-18-29)20-36(4)28-15-7-24(8-16-28)19-30-31(38)34-23(3)35-32(30)39/h7-19,21H,2-3,6,20H2,1,4-5H3,(H,34,38)(H,35,39)/b33-21+. The number of aromatic nitrogens is 2. The zero-order chi connectivity index (χ0) is 28.6. The molecule has 0 aliphatic rings. The molecular formula is C32H33N5O3. The molecule has 8 heteroatoms. The molecule has 0 amide bonds. The fraction of sp³-hybridized carbons (Fsp3) is 0.156. The second-order valence-corrected chi connectivity index (χ2v) is 9.32. The Bertz CT molecular complexity index is 1680. The van der Waals surface area contributed by atoms with Crippen molar-refractivity contribution < 1.29 is 4.74 Å². The fourth-order valence-electron chi connectivity index (χ4n) is 4.08. The van der Waals surface area contributed by atoms with Crippen LogP contribution < -0.4 is 31.6 Å². The van der Waals surface area contributed by atoms with Crippen LogP contribution in [0.25, 0.3) is 18.4 Å². The molecule has 0 atom stereocenters. The van der Waals surface area contributed by atoms with E-state index in [0.29, 0.717) is 18.9 Å². The van der Waals surface area contributed by atoms with Gasteiger partial charge in [0.1, 0.15) is 16.5 Å². The van der Waals surface area contributed by atoms with Crippen LogP contribution >= 0.6 is 0 Å². The second-order valence-electron chi connectivity index (χ2n) is 9.32. The van der Waals surface area contributed by atoms with Crippen molar-refractivity contribution in [2.45, 2.75) is 13.5 Å². The largest absolute Gasteiger partial charge is 0.494 e. The first kappa shape index (κ1) is 27.9. The number of hydrogen-bond donors (Lipinski definition) is 2. The predicted molar refractivity (Wildman–Crippen MR) is 165 cm³/mol. The lowest BCUT2D eigenvalue weighted by Gasteiger charge is -2.20. The number of nitrogens with one attached hydrogen (secondary N) is 2. The molecular weight excluding hydrogens is 502 g/mol. The molecule has 0 fully saturated rings. The van der Waals surface area contributed by atoms with Gasteiger partial charge >= 0.3 is 0 Å². The molecule has 4 aromatic rings. The number of H-pyrrole nitrogens is 2. The van der Waals surface area contributed by atoms with Gasteiger partial charge in [-0.2, -0.15) is 0 Å². The summed E-state index contributed by atoms with van der Waals surface area (Å²) in [6, 6.07) is 23.8. The van der Waals surface area contributed by atoms with Gasteiger partial charge in [0, 0.05) is 37.6 Å². The van der Waals surface area contributed by atoms with Crippen molar-refractivity contribution in [2.24, 2.45) is 4.99 Å². The topological polar surface area (TPSA) is 93.8 Å². The molecule has 0 radical (unpaired) electrons. The number of benzene rings is 3. The summed E-state index contributed by atoms with van der Waals surface area (Å²) in [6.45, 7) is 10.7. The van der Waals surface area contributed by atoms with Crippen LogP contribution in [-0.4, -0.2) is 37.0 Å². The molecule has 0 spiro atoms. The average Bonchev–Trinajstić information content (AvgIpc) is 2.94. The van der Waals surface area contributed by atoms with Crippen molar-refractivity contribution in [3.05, 3.63) is 127 Å². The first-order valence-corrected chi connectivity index (χ1v) is 12.9. The quantitative estimate of drug-likeness (QED) is 0.183. The summed E-state index contributed by atoms with van der Waals surface area (Å²) in [6.07, 6.45) is 3.36. The van der Waals surface area contributed by atoms with Gasteiger partial charge in [-0.25, -0.2) is 4.99 Å². The number of rotatable bonds is 10. The molecule has 4 rings (SSSR count). The van der Waals surface area contributed by atoms with Gasteiger partial charge in [-0.1, -0.05) is 37.4 Å². The number of anilines is 2. The van der Waals surface area contributed by atoms with Crippen molar-refractivity contribution in [3.8, 4) is 0 Å². The van der Waals surface area contributed by atoms with Crippen LogP contribution in [0.2, 0.25) is 0 Å². The highest BCUT2D eigenvalue weighted by Gasteiger charge is 2.05. The third-order valence-corrected chi connectivity index (χ3v) is 6.31. The van der Waals surface area contributed by atoms with Crippen molar-refractivity contribution in [1.82, 2.24) is 9.97 Å². The normalized spacial score (nSPS) is 10.9. The lowest BCUT2D eigenvalue weighted by atomic mass is 10.1. The van der Waals surface area contributed by atoms with Crippen LogP contribution in [0.3, 0.4) is 0 Å². The summed E-state index contributed by atoms with van der Waals surface area (Å²) in [7, 11) is 3.98. The van der Waals surface area contributed by atoms with E-state index in [-0.39, 0.29) is 10.7 Å². The van der Waals surface area contributed by atoms with E-state index in [1.165, 1.54) is 0 Å². The summed E-state index contributed by atoms with van der Waals surface area (Å²) >= 11 is 0. The highest BCUT2D eigenvalue weighted by Crippen LogP contribution is 2.21. The van der Waals surface area contributed by atoms with Crippen LogP contribution in [0.1, 0.15) is 23.6 Å². The maximum atomic E-state index is 12.1. The Morgan fingerprint density at radius 2 is 1.50 bits per heavy atom. The highest BCUT2D eigenvalue weighted by atomic mass is 16.5. The van der Waals surface area contributed by atoms with Crippen molar-refractivity contribution in [2.75, 3.05) is 30.5 Å². The Kier molecular flexibility index (Phi) is 8.81. The van der Waals surface area contributed by atoms with Gasteiger partial charge in [0.2, 0.25) is 0 Å². The van der Waals surface area contributed by atoms with E-state index in [1.54, 1.807) is 12.4 Å². The van der Waals surface area contributed by atoms with Crippen LogP contribution in [0.15, 0.2) is 94.0 Å². The van der Waals surface area contributed by atoms with E-state index < -0.39 is 11.1 Å². The van der Waals surface area contributed by atoms with Crippen LogP contribution in [0.4, 0.5) is 17.1 Å². The first-order chi connectivity index (χ1) is 19.2. The number of aliphatic imine (C=N–C) groups is 1. The molecule has 40 heavy (non-hydrogen) atoms. The Morgan fingerprint density at radius 3 is 2.10 bits per heavy atom. The zero-order valence-electron chi connectivity index (χ0n) is 23.0. The monoisotopic (exact) mass is 535 g/mol. The summed E-state index contributed by atoms with van der Waals surface area (Å²) in [5, 5.41) is 0.0466. The Labute approximate surface area is 232 Å². The summed E-state index contributed by atoms with van der Waals surface area (Å²) < 4.78 is 5.45. The Hall–Kier alpha value is -5.11. The van der Waals surface area contributed by atoms with Crippen LogP contribution in [0, 0.1) is 0 Å². The molecule has 3 aromatic carbocycles. The Balaban J connectivity index is 1.37. The SMILES string of the molecule is C=C(OCC)c1ccc(/N=C/N(C)c2ccc(CN(C)c3ccc(C=c4c(=O)[nH]c(=C)[nH]c4=O)cc3)cc2)cc1. The molecule has 0 saturated heterocycles. The van der Waals surface area contributed by atoms with Gasteiger partial charge in [-0.15, -0.1) is 0 Å². The second kappa shape index (κ2) is 12.6. The Morgan fingerprint density at radius 1 is 0.900 bits per heavy atom. The van der Waals surface area contributed by atoms with Gasteiger partial charge in [-0.3, -0.25) is 9.59 Å². The molecule has 0 bridgehead atoms. The van der Waals surface area contributed by atoms with E-state index >= 15 is 0 Å². The molecule has 2 N–H and O–H groups in total. The average molecular weight is 536 g/mol. The zero-order valence-corrected chi connectivity index (χ0v) is 23.0. The molecule has 1 heterocycles. The minimum absolute atomic E-state index is 0.0466. The van der Waals surface area contributed by atoms with Crippen molar-refractivity contribution in [3.63, 3.8) is 0 Å². The highest BCUT2D eigenvalue weighted by molar-refractivity contribution is 5.80. The van der Waals surface area contributed by atoms with E-state index in [2.05, 4.69) is 57.3 Å². The lowest BCUT2D eigenvalue weighted by Crippen LogP contribution is -2.47. The predicted octanol–water partition coefficient (Wildman–Crippen LogP) is 3.74. The van der Waals surface area contributed by atoms with Crippen LogP contribution in [0.5, 0.6) is 0 Å².